The van der Waals surface area contributed by atoms with Gasteiger partial charge in [0.15, 0.2) is 24.7 Å². The third kappa shape index (κ3) is 6.46. The molecule has 0 saturated heterocycles. The third-order valence-corrected chi connectivity index (χ3v) is 3.93. The number of hydrogen-bond acceptors (Lipinski definition) is 5. The molecule has 6 heteroatoms. The lowest BCUT2D eigenvalue weighted by atomic mass is 10.1. The lowest BCUT2D eigenvalue weighted by Gasteiger charge is -2.14. The molecule has 1 atom stereocenters. The smallest absolute Gasteiger partial charge is 0.344 e. The number of ether oxygens (including phenoxy) is 3. The number of hydrogen-bond donors (Lipinski definition) is 1. The number of benzene rings is 2. The maximum absolute atomic E-state index is 11.9. The monoisotopic (exact) mass is 383 g/mol. The standard InChI is InChI=1S/C22H25NO5/c1-4-8-17-11-12-19(20(13-17)26-3)27-15-22(25)28-14-21(24)23-16(2)18-9-6-5-7-10-18/h4-13,16H,14-15H2,1-3H3,(H,23,24)/b8-4+/t16-/m1/s1. The van der Waals surface area contributed by atoms with Gasteiger partial charge in [-0.1, -0.05) is 48.6 Å². The zero-order valence-corrected chi connectivity index (χ0v) is 16.3. The van der Waals surface area contributed by atoms with Crippen LogP contribution in [0.15, 0.2) is 54.6 Å². The molecule has 0 bridgehead atoms. The Hall–Kier alpha value is -3.28. The molecule has 148 valence electrons. The van der Waals surface area contributed by atoms with Gasteiger partial charge in [0, 0.05) is 0 Å². The van der Waals surface area contributed by atoms with Crippen LogP contribution in [0.1, 0.15) is 31.0 Å². The van der Waals surface area contributed by atoms with E-state index in [4.69, 9.17) is 14.2 Å². The van der Waals surface area contributed by atoms with Crippen molar-refractivity contribution in [1.82, 2.24) is 5.32 Å². The Balaban J connectivity index is 1.79. The fraction of sp³-hybridized carbons (Fsp3) is 0.273. The van der Waals surface area contributed by atoms with Gasteiger partial charge in [-0.25, -0.2) is 4.79 Å². The molecule has 0 aliphatic carbocycles. The first-order chi connectivity index (χ1) is 13.5. The van der Waals surface area contributed by atoms with Crippen molar-refractivity contribution in [2.75, 3.05) is 20.3 Å². The lowest BCUT2D eigenvalue weighted by Crippen LogP contribution is -2.31. The van der Waals surface area contributed by atoms with E-state index in [0.717, 1.165) is 11.1 Å². The summed E-state index contributed by atoms with van der Waals surface area (Å²) >= 11 is 0. The number of carbonyl (C=O) groups excluding carboxylic acids is 2. The summed E-state index contributed by atoms with van der Waals surface area (Å²) in [6.07, 6.45) is 3.84. The molecule has 2 rings (SSSR count). The van der Waals surface area contributed by atoms with Gasteiger partial charge in [0.1, 0.15) is 0 Å². The molecular formula is C22H25NO5. The molecule has 0 radical (unpaired) electrons. The maximum Gasteiger partial charge on any atom is 0.344 e. The van der Waals surface area contributed by atoms with Crippen LogP contribution in [0, 0.1) is 0 Å². The number of nitrogens with one attached hydrogen (secondary N) is 1. The molecule has 6 nitrogen and oxygen atoms in total. The lowest BCUT2D eigenvalue weighted by molar-refractivity contribution is -0.150. The molecule has 1 N–H and O–H groups in total. The first-order valence-electron chi connectivity index (χ1n) is 8.97. The van der Waals surface area contributed by atoms with Crippen LogP contribution in [-0.2, 0) is 14.3 Å². The van der Waals surface area contributed by atoms with E-state index < -0.39 is 5.97 Å². The summed E-state index contributed by atoms with van der Waals surface area (Å²) in [4.78, 5) is 23.8. The fourth-order valence-electron chi connectivity index (χ4n) is 2.53. The molecule has 2 aromatic rings. The van der Waals surface area contributed by atoms with Gasteiger partial charge in [-0.3, -0.25) is 4.79 Å². The molecule has 0 aliphatic heterocycles. The fourth-order valence-corrected chi connectivity index (χ4v) is 2.53. The van der Waals surface area contributed by atoms with Crippen molar-refractivity contribution in [2.45, 2.75) is 19.9 Å². The molecule has 28 heavy (non-hydrogen) atoms. The zero-order valence-electron chi connectivity index (χ0n) is 16.3. The highest BCUT2D eigenvalue weighted by Crippen LogP contribution is 2.28. The normalized spacial score (nSPS) is 11.7. The van der Waals surface area contributed by atoms with E-state index in [1.807, 2.05) is 62.4 Å². The van der Waals surface area contributed by atoms with E-state index in [2.05, 4.69) is 5.32 Å². The van der Waals surface area contributed by atoms with E-state index in [1.165, 1.54) is 7.11 Å². The molecule has 0 spiro atoms. The van der Waals surface area contributed by atoms with Gasteiger partial charge in [0.2, 0.25) is 0 Å². The summed E-state index contributed by atoms with van der Waals surface area (Å²) in [6, 6.07) is 14.7. The van der Waals surface area contributed by atoms with E-state index in [9.17, 15) is 9.59 Å². The van der Waals surface area contributed by atoms with Crippen molar-refractivity contribution < 1.29 is 23.8 Å². The predicted octanol–water partition coefficient (Wildman–Crippen LogP) is 3.53. The molecular weight excluding hydrogens is 358 g/mol. The van der Waals surface area contributed by atoms with Crippen LogP contribution in [0.2, 0.25) is 0 Å². The topological polar surface area (TPSA) is 73.9 Å². The average Bonchev–Trinajstić information content (AvgIpc) is 2.72. The highest BCUT2D eigenvalue weighted by Gasteiger charge is 2.13. The van der Waals surface area contributed by atoms with Gasteiger partial charge in [-0.2, -0.15) is 0 Å². The second kappa shape index (κ2) is 10.8. The number of esters is 1. The van der Waals surface area contributed by atoms with Crippen molar-refractivity contribution in [1.29, 1.82) is 0 Å². The summed E-state index contributed by atoms with van der Waals surface area (Å²) in [5.74, 6) is -0.0761. The quantitative estimate of drug-likeness (QED) is 0.671. The molecule has 0 aliphatic rings. The van der Waals surface area contributed by atoms with Gasteiger partial charge < -0.3 is 19.5 Å². The number of amides is 1. The Bertz CT molecular complexity index is 817. The highest BCUT2D eigenvalue weighted by atomic mass is 16.6. The maximum atomic E-state index is 11.9. The zero-order chi connectivity index (χ0) is 20.4. The van der Waals surface area contributed by atoms with Gasteiger partial charge in [-0.05, 0) is 37.1 Å². The number of rotatable bonds is 9. The Kier molecular flexibility index (Phi) is 8.09. The minimum Gasteiger partial charge on any atom is -0.493 e. The van der Waals surface area contributed by atoms with E-state index in [0.29, 0.717) is 11.5 Å². The minimum absolute atomic E-state index is 0.177. The number of carbonyl (C=O) groups is 2. The molecule has 0 unspecified atom stereocenters. The van der Waals surface area contributed by atoms with Crippen molar-refractivity contribution in [2.24, 2.45) is 0 Å². The van der Waals surface area contributed by atoms with Crippen LogP contribution in [0.3, 0.4) is 0 Å². The van der Waals surface area contributed by atoms with E-state index in [-0.39, 0.29) is 25.2 Å². The SMILES string of the molecule is C/C=C/c1ccc(OCC(=O)OCC(=O)N[C@H](C)c2ccccc2)c(OC)c1. The first kappa shape index (κ1) is 21.0. The van der Waals surface area contributed by atoms with Gasteiger partial charge in [0.05, 0.1) is 13.2 Å². The van der Waals surface area contributed by atoms with Gasteiger partial charge >= 0.3 is 5.97 Å². The molecule has 1 amide bonds. The summed E-state index contributed by atoms with van der Waals surface area (Å²) in [7, 11) is 1.53. The molecule has 0 aromatic heterocycles. The van der Waals surface area contributed by atoms with Crippen LogP contribution < -0.4 is 14.8 Å². The summed E-state index contributed by atoms with van der Waals surface area (Å²) in [6.45, 7) is 3.10. The molecule has 0 fully saturated rings. The predicted molar refractivity (Wildman–Crippen MR) is 107 cm³/mol. The molecule has 0 saturated carbocycles. The summed E-state index contributed by atoms with van der Waals surface area (Å²) < 4.78 is 15.7. The largest absolute Gasteiger partial charge is 0.493 e. The Labute approximate surface area is 165 Å². The summed E-state index contributed by atoms with van der Waals surface area (Å²) in [5, 5.41) is 2.78. The van der Waals surface area contributed by atoms with E-state index in [1.54, 1.807) is 12.1 Å². The second-order valence-electron chi connectivity index (χ2n) is 6.06. The Morgan fingerprint density at radius 3 is 2.50 bits per heavy atom. The van der Waals surface area contributed by atoms with Crippen LogP contribution in [0.5, 0.6) is 11.5 Å². The Morgan fingerprint density at radius 1 is 1.07 bits per heavy atom. The van der Waals surface area contributed by atoms with Crippen LogP contribution in [0.4, 0.5) is 0 Å². The number of methoxy groups -OCH3 is 1. The summed E-state index contributed by atoms with van der Waals surface area (Å²) in [5.41, 5.74) is 1.93. The second-order valence-corrected chi connectivity index (χ2v) is 6.06. The van der Waals surface area contributed by atoms with Gasteiger partial charge in [0.25, 0.3) is 5.91 Å². The van der Waals surface area contributed by atoms with Gasteiger partial charge in [-0.15, -0.1) is 0 Å². The number of allylic oxidation sites excluding steroid dienone is 1. The van der Waals surface area contributed by atoms with Crippen LogP contribution in [-0.4, -0.2) is 32.2 Å². The Morgan fingerprint density at radius 2 is 1.82 bits per heavy atom. The highest BCUT2D eigenvalue weighted by molar-refractivity contribution is 5.81. The molecule has 0 heterocycles. The third-order valence-electron chi connectivity index (χ3n) is 3.93. The van der Waals surface area contributed by atoms with Crippen molar-refractivity contribution >= 4 is 18.0 Å². The van der Waals surface area contributed by atoms with Crippen molar-refractivity contribution in [3.63, 3.8) is 0 Å². The van der Waals surface area contributed by atoms with Crippen LogP contribution >= 0.6 is 0 Å². The van der Waals surface area contributed by atoms with E-state index >= 15 is 0 Å². The average molecular weight is 383 g/mol. The molecule has 2 aromatic carbocycles. The van der Waals surface area contributed by atoms with Crippen LogP contribution in [0.25, 0.3) is 6.08 Å². The van der Waals surface area contributed by atoms with Crippen molar-refractivity contribution in [3.05, 3.63) is 65.7 Å². The van der Waals surface area contributed by atoms with Crippen molar-refractivity contribution in [3.8, 4) is 11.5 Å². The minimum atomic E-state index is -0.637. The first-order valence-corrected chi connectivity index (χ1v) is 8.97.